The third kappa shape index (κ3) is 2.44. The number of aromatic nitrogens is 2. The lowest BCUT2D eigenvalue weighted by Gasteiger charge is -2.12. The lowest BCUT2D eigenvalue weighted by atomic mass is 9.95. The van der Waals surface area contributed by atoms with Crippen LogP contribution < -0.4 is 11.5 Å². The summed E-state index contributed by atoms with van der Waals surface area (Å²) in [4.78, 5) is 8.53. The van der Waals surface area contributed by atoms with Gasteiger partial charge in [0, 0.05) is 0 Å². The fraction of sp³-hybridized carbons (Fsp3) is 0. The third-order valence-electron chi connectivity index (χ3n) is 4.04. The highest BCUT2D eigenvalue weighted by atomic mass is 15.0. The molecule has 0 aliphatic carbocycles. The summed E-state index contributed by atoms with van der Waals surface area (Å²) in [6, 6.07) is 24.4. The van der Waals surface area contributed by atoms with Gasteiger partial charge in [-0.1, -0.05) is 60.7 Å². The second kappa shape index (κ2) is 5.66. The monoisotopic (exact) mass is 312 g/mol. The van der Waals surface area contributed by atoms with Gasteiger partial charge in [0.15, 0.2) is 0 Å². The second-order valence-electron chi connectivity index (χ2n) is 5.62. The van der Waals surface area contributed by atoms with Gasteiger partial charge in [0.05, 0.1) is 10.9 Å². The van der Waals surface area contributed by atoms with Crippen molar-refractivity contribution in [3.8, 4) is 22.3 Å². The maximum Gasteiger partial charge on any atom is 0.222 e. The number of nitrogen functional groups attached to an aromatic ring is 2. The van der Waals surface area contributed by atoms with Gasteiger partial charge in [-0.05, 0) is 34.4 Å². The molecule has 0 amide bonds. The lowest BCUT2D eigenvalue weighted by molar-refractivity contribution is 1.25. The molecule has 4 aromatic rings. The van der Waals surface area contributed by atoms with Crippen molar-refractivity contribution >= 4 is 22.7 Å². The number of hydrogen-bond donors (Lipinski definition) is 2. The average molecular weight is 312 g/mol. The molecule has 3 aromatic carbocycles. The molecule has 0 spiro atoms. The number of benzene rings is 3. The minimum atomic E-state index is 0.184. The van der Waals surface area contributed by atoms with E-state index in [9.17, 15) is 0 Å². The van der Waals surface area contributed by atoms with E-state index in [0.717, 1.165) is 33.2 Å². The second-order valence-corrected chi connectivity index (χ2v) is 5.62. The summed E-state index contributed by atoms with van der Waals surface area (Å²) in [6.45, 7) is 0. The van der Waals surface area contributed by atoms with Crippen molar-refractivity contribution in [1.82, 2.24) is 9.97 Å². The number of nitrogens with two attached hydrogens (primary N) is 2. The Kier molecular flexibility index (Phi) is 3.35. The summed E-state index contributed by atoms with van der Waals surface area (Å²) in [5.41, 5.74) is 17.0. The van der Waals surface area contributed by atoms with Crippen LogP contribution in [0.15, 0.2) is 72.8 Å². The van der Waals surface area contributed by atoms with Crippen LogP contribution in [0.3, 0.4) is 0 Å². The SMILES string of the molecule is Nc1nc(N)c2c(-c3ccccc3)cc(-c3ccccc3)cc2n1. The zero-order valence-corrected chi connectivity index (χ0v) is 13.0. The van der Waals surface area contributed by atoms with Crippen molar-refractivity contribution in [3.63, 3.8) is 0 Å². The van der Waals surface area contributed by atoms with E-state index in [1.54, 1.807) is 0 Å². The van der Waals surface area contributed by atoms with Crippen LogP contribution in [-0.4, -0.2) is 9.97 Å². The number of anilines is 2. The Labute approximate surface area is 139 Å². The molecule has 0 saturated heterocycles. The fourth-order valence-electron chi connectivity index (χ4n) is 2.95. The summed E-state index contributed by atoms with van der Waals surface area (Å²) in [5.74, 6) is 0.584. The van der Waals surface area contributed by atoms with Gasteiger partial charge in [0.2, 0.25) is 5.95 Å². The Balaban J connectivity index is 2.08. The first kappa shape index (κ1) is 14.2. The highest BCUT2D eigenvalue weighted by Gasteiger charge is 2.13. The van der Waals surface area contributed by atoms with Gasteiger partial charge in [-0.25, -0.2) is 4.98 Å². The Hall–Kier alpha value is -3.40. The van der Waals surface area contributed by atoms with E-state index in [0.29, 0.717) is 5.82 Å². The van der Waals surface area contributed by atoms with Gasteiger partial charge < -0.3 is 11.5 Å². The van der Waals surface area contributed by atoms with Gasteiger partial charge in [-0.2, -0.15) is 4.98 Å². The topological polar surface area (TPSA) is 77.8 Å². The molecule has 0 aliphatic heterocycles. The van der Waals surface area contributed by atoms with Crippen molar-refractivity contribution in [1.29, 1.82) is 0 Å². The van der Waals surface area contributed by atoms with Crippen LogP contribution >= 0.6 is 0 Å². The van der Waals surface area contributed by atoms with E-state index in [1.165, 1.54) is 0 Å². The van der Waals surface area contributed by atoms with E-state index >= 15 is 0 Å². The van der Waals surface area contributed by atoms with Gasteiger partial charge in [-0.3, -0.25) is 0 Å². The normalized spacial score (nSPS) is 10.8. The molecule has 1 heterocycles. The summed E-state index contributed by atoms with van der Waals surface area (Å²) in [6.07, 6.45) is 0. The summed E-state index contributed by atoms with van der Waals surface area (Å²) >= 11 is 0. The predicted molar refractivity (Wildman–Crippen MR) is 99.2 cm³/mol. The van der Waals surface area contributed by atoms with Crippen molar-refractivity contribution in [2.75, 3.05) is 11.5 Å². The quantitative estimate of drug-likeness (QED) is 0.583. The highest BCUT2D eigenvalue weighted by Crippen LogP contribution is 2.35. The van der Waals surface area contributed by atoms with Gasteiger partial charge in [0.25, 0.3) is 0 Å². The Morgan fingerprint density at radius 3 is 1.92 bits per heavy atom. The van der Waals surface area contributed by atoms with E-state index in [2.05, 4.69) is 40.3 Å². The van der Waals surface area contributed by atoms with Crippen LogP contribution in [0.5, 0.6) is 0 Å². The van der Waals surface area contributed by atoms with E-state index in [4.69, 9.17) is 11.5 Å². The number of hydrogen-bond acceptors (Lipinski definition) is 4. The molecule has 0 bridgehead atoms. The molecule has 0 aliphatic rings. The number of nitrogens with zero attached hydrogens (tertiary/aromatic N) is 2. The van der Waals surface area contributed by atoms with Gasteiger partial charge in [-0.15, -0.1) is 0 Å². The molecule has 116 valence electrons. The lowest BCUT2D eigenvalue weighted by Crippen LogP contribution is -2.02. The van der Waals surface area contributed by atoms with Gasteiger partial charge in [0.1, 0.15) is 5.82 Å². The molecule has 1 aromatic heterocycles. The molecule has 0 fully saturated rings. The molecule has 4 heteroatoms. The van der Waals surface area contributed by atoms with Crippen molar-refractivity contribution in [3.05, 3.63) is 72.8 Å². The Bertz CT molecular complexity index is 1010. The zero-order chi connectivity index (χ0) is 16.5. The first-order valence-electron chi connectivity index (χ1n) is 7.70. The number of fused-ring (bicyclic) bond motifs is 1. The van der Waals surface area contributed by atoms with Crippen molar-refractivity contribution < 1.29 is 0 Å². The fourth-order valence-corrected chi connectivity index (χ4v) is 2.95. The van der Waals surface area contributed by atoms with E-state index < -0.39 is 0 Å². The Morgan fingerprint density at radius 2 is 1.25 bits per heavy atom. The van der Waals surface area contributed by atoms with Crippen molar-refractivity contribution in [2.45, 2.75) is 0 Å². The summed E-state index contributed by atoms with van der Waals surface area (Å²) in [7, 11) is 0. The average Bonchev–Trinajstić information content (AvgIpc) is 2.62. The van der Waals surface area contributed by atoms with Crippen LogP contribution in [0.2, 0.25) is 0 Å². The summed E-state index contributed by atoms with van der Waals surface area (Å²) < 4.78 is 0. The van der Waals surface area contributed by atoms with Crippen LogP contribution in [0.4, 0.5) is 11.8 Å². The van der Waals surface area contributed by atoms with Crippen LogP contribution in [-0.2, 0) is 0 Å². The van der Waals surface area contributed by atoms with Gasteiger partial charge >= 0.3 is 0 Å². The maximum absolute atomic E-state index is 6.15. The minimum absolute atomic E-state index is 0.184. The maximum atomic E-state index is 6.15. The van der Waals surface area contributed by atoms with E-state index in [-0.39, 0.29) is 5.95 Å². The molecule has 4 rings (SSSR count). The largest absolute Gasteiger partial charge is 0.383 e. The molecular weight excluding hydrogens is 296 g/mol. The molecule has 0 saturated carbocycles. The minimum Gasteiger partial charge on any atom is -0.383 e. The van der Waals surface area contributed by atoms with E-state index in [1.807, 2.05) is 42.5 Å². The molecule has 0 radical (unpaired) electrons. The predicted octanol–water partition coefficient (Wildman–Crippen LogP) is 4.13. The number of rotatable bonds is 2. The molecular formula is C20H16N4. The molecule has 4 nitrogen and oxygen atoms in total. The molecule has 0 unspecified atom stereocenters. The molecule has 4 N–H and O–H groups in total. The first-order valence-corrected chi connectivity index (χ1v) is 7.70. The first-order chi connectivity index (χ1) is 11.7. The van der Waals surface area contributed by atoms with Crippen LogP contribution in [0, 0.1) is 0 Å². The smallest absolute Gasteiger partial charge is 0.222 e. The standard InChI is InChI=1S/C20H16N4/c21-19-18-16(14-9-5-2-6-10-14)11-15(13-7-3-1-4-8-13)12-17(18)23-20(22)24-19/h1-12H,(H4,21,22,23,24). The third-order valence-corrected chi connectivity index (χ3v) is 4.04. The zero-order valence-electron chi connectivity index (χ0n) is 13.0. The molecule has 24 heavy (non-hydrogen) atoms. The van der Waals surface area contributed by atoms with Crippen LogP contribution in [0.1, 0.15) is 0 Å². The Morgan fingerprint density at radius 1 is 0.625 bits per heavy atom. The van der Waals surface area contributed by atoms with Crippen molar-refractivity contribution in [2.24, 2.45) is 0 Å². The molecule has 0 atom stereocenters. The summed E-state index contributed by atoms with van der Waals surface area (Å²) in [5, 5.41) is 0.829. The van der Waals surface area contributed by atoms with Crippen LogP contribution in [0.25, 0.3) is 33.2 Å². The highest BCUT2D eigenvalue weighted by molar-refractivity contribution is 6.04.